The third kappa shape index (κ3) is 5.69. The molecule has 2 N–H and O–H groups in total. The molecule has 0 radical (unpaired) electrons. The molecule has 1 aromatic heterocycles. The molecule has 8 nitrogen and oxygen atoms in total. The maximum atomic E-state index is 12.0. The Morgan fingerprint density at radius 1 is 1.38 bits per heavy atom. The summed E-state index contributed by atoms with van der Waals surface area (Å²) >= 11 is 0. The van der Waals surface area contributed by atoms with Crippen molar-refractivity contribution in [2.75, 3.05) is 13.7 Å². The second-order valence-electron chi connectivity index (χ2n) is 7.90. The number of aromatic nitrogens is 3. The largest absolute Gasteiger partial charge is 0.507 e. The molecule has 0 spiro atoms. The van der Waals surface area contributed by atoms with Gasteiger partial charge in [0.1, 0.15) is 11.5 Å². The van der Waals surface area contributed by atoms with Gasteiger partial charge in [-0.15, -0.1) is 5.10 Å². The Morgan fingerprint density at radius 2 is 2.21 bits per heavy atom. The number of hydrogen-bond acceptors (Lipinski definition) is 6. The van der Waals surface area contributed by atoms with Crippen LogP contribution >= 0.6 is 0 Å². The number of rotatable bonds is 8. The van der Waals surface area contributed by atoms with Crippen LogP contribution in [0.1, 0.15) is 55.6 Å². The fraction of sp³-hybridized carbons (Fsp3) is 0.571. The number of hydrogen-bond donors (Lipinski definition) is 2. The van der Waals surface area contributed by atoms with Crippen LogP contribution in [-0.4, -0.2) is 56.6 Å². The van der Waals surface area contributed by atoms with Gasteiger partial charge in [0.15, 0.2) is 5.69 Å². The van der Waals surface area contributed by atoms with Gasteiger partial charge in [-0.1, -0.05) is 17.7 Å². The maximum absolute atomic E-state index is 12.0. The quantitative estimate of drug-likeness (QED) is 0.706. The summed E-state index contributed by atoms with van der Waals surface area (Å²) in [5, 5.41) is 21.2. The highest BCUT2D eigenvalue weighted by atomic mass is 16.5. The van der Waals surface area contributed by atoms with Crippen molar-refractivity contribution < 1.29 is 14.6 Å². The molecule has 0 saturated carbocycles. The van der Waals surface area contributed by atoms with Crippen LogP contribution in [0.15, 0.2) is 24.4 Å². The number of aryl methyl sites for hydroxylation is 1. The van der Waals surface area contributed by atoms with Crippen LogP contribution in [-0.2, 0) is 13.1 Å². The van der Waals surface area contributed by atoms with Crippen molar-refractivity contribution in [2.24, 2.45) is 0 Å². The van der Waals surface area contributed by atoms with E-state index in [1.54, 1.807) is 24.1 Å². The predicted molar refractivity (Wildman–Crippen MR) is 110 cm³/mol. The third-order valence-corrected chi connectivity index (χ3v) is 5.30. The standard InChI is InChI=1S/C21H31N5O3/c1-15(2)22-21(28)19-14-26(24-23-19)11-9-17-6-4-5-10-25(17)13-16-7-8-18(29-3)12-20(16)27/h7-8,12,14-15,17,27H,4-6,9-11,13H2,1-3H3,(H,22,28). The molecule has 158 valence electrons. The van der Waals surface area contributed by atoms with Gasteiger partial charge in [-0.3, -0.25) is 14.4 Å². The van der Waals surface area contributed by atoms with Crippen molar-refractivity contribution in [3.05, 3.63) is 35.7 Å². The SMILES string of the molecule is COc1ccc(CN2CCCCC2CCn2cc(C(=O)NC(C)C)nn2)c(O)c1. The second kappa shape index (κ2) is 9.73. The number of carbonyl (C=O) groups is 1. The van der Waals surface area contributed by atoms with Crippen molar-refractivity contribution in [3.63, 3.8) is 0 Å². The van der Waals surface area contributed by atoms with Crippen molar-refractivity contribution in [1.82, 2.24) is 25.2 Å². The third-order valence-electron chi connectivity index (χ3n) is 5.30. The van der Waals surface area contributed by atoms with Gasteiger partial charge in [0, 0.05) is 36.8 Å². The first-order valence-corrected chi connectivity index (χ1v) is 10.3. The summed E-state index contributed by atoms with van der Waals surface area (Å²) in [5.74, 6) is 0.733. The highest BCUT2D eigenvalue weighted by Crippen LogP contribution is 2.28. The lowest BCUT2D eigenvalue weighted by Crippen LogP contribution is -2.39. The lowest BCUT2D eigenvalue weighted by atomic mass is 9.98. The summed E-state index contributed by atoms with van der Waals surface area (Å²) in [4.78, 5) is 14.5. The van der Waals surface area contributed by atoms with E-state index in [1.807, 2.05) is 26.0 Å². The van der Waals surface area contributed by atoms with Gasteiger partial charge in [-0.2, -0.15) is 0 Å². The van der Waals surface area contributed by atoms with Gasteiger partial charge in [0.25, 0.3) is 5.91 Å². The highest BCUT2D eigenvalue weighted by molar-refractivity contribution is 5.91. The molecule has 1 fully saturated rings. The molecule has 2 heterocycles. The molecule has 1 amide bonds. The van der Waals surface area contributed by atoms with Crippen molar-refractivity contribution in [2.45, 2.75) is 64.7 Å². The molecule has 1 aliphatic rings. The zero-order valence-electron chi connectivity index (χ0n) is 17.5. The van der Waals surface area contributed by atoms with Crippen molar-refractivity contribution in [1.29, 1.82) is 0 Å². The minimum atomic E-state index is -0.194. The summed E-state index contributed by atoms with van der Waals surface area (Å²) in [6, 6.07) is 5.94. The molecule has 3 rings (SSSR count). The lowest BCUT2D eigenvalue weighted by molar-refractivity contribution is 0.0938. The molecule has 0 aliphatic carbocycles. The van der Waals surface area contributed by atoms with Gasteiger partial charge in [0.2, 0.25) is 0 Å². The van der Waals surface area contributed by atoms with E-state index in [-0.39, 0.29) is 17.7 Å². The van der Waals surface area contributed by atoms with Crippen LogP contribution in [0, 0.1) is 0 Å². The first-order chi connectivity index (χ1) is 14.0. The average Bonchev–Trinajstić information content (AvgIpc) is 3.17. The topological polar surface area (TPSA) is 92.5 Å². The summed E-state index contributed by atoms with van der Waals surface area (Å²) in [6.07, 6.45) is 6.11. The van der Waals surface area contributed by atoms with E-state index in [1.165, 1.54) is 6.42 Å². The van der Waals surface area contributed by atoms with Crippen LogP contribution in [0.2, 0.25) is 0 Å². The Hall–Kier alpha value is -2.61. The van der Waals surface area contributed by atoms with Crippen molar-refractivity contribution in [3.8, 4) is 11.5 Å². The molecule has 1 atom stereocenters. The molecule has 2 aromatic rings. The number of carbonyl (C=O) groups excluding carboxylic acids is 1. The van der Waals surface area contributed by atoms with Gasteiger partial charge in [-0.25, -0.2) is 0 Å². The van der Waals surface area contributed by atoms with E-state index in [9.17, 15) is 9.90 Å². The van der Waals surface area contributed by atoms with E-state index in [2.05, 4.69) is 20.5 Å². The first kappa shape index (κ1) is 21.1. The summed E-state index contributed by atoms with van der Waals surface area (Å²) < 4.78 is 6.91. The second-order valence-corrected chi connectivity index (χ2v) is 7.90. The molecule has 1 saturated heterocycles. The van der Waals surface area contributed by atoms with Crippen molar-refractivity contribution >= 4 is 5.91 Å². The van der Waals surface area contributed by atoms with Crippen LogP contribution in [0.5, 0.6) is 11.5 Å². The van der Waals surface area contributed by atoms with Crippen LogP contribution < -0.4 is 10.1 Å². The summed E-state index contributed by atoms with van der Waals surface area (Å²) in [6.45, 7) is 6.26. The predicted octanol–water partition coefficient (Wildman–Crippen LogP) is 2.58. The number of piperidine rings is 1. The van der Waals surface area contributed by atoms with E-state index >= 15 is 0 Å². The molecule has 1 unspecified atom stereocenters. The molecular formula is C21H31N5O3. The fourth-order valence-electron chi connectivity index (χ4n) is 3.75. The number of methoxy groups -OCH3 is 1. The van der Waals surface area contributed by atoms with Gasteiger partial charge >= 0.3 is 0 Å². The number of phenols is 1. The number of nitrogens with one attached hydrogen (secondary N) is 1. The Labute approximate surface area is 171 Å². The van der Waals surface area contributed by atoms with E-state index < -0.39 is 0 Å². The smallest absolute Gasteiger partial charge is 0.273 e. The Morgan fingerprint density at radius 3 is 2.93 bits per heavy atom. The number of ether oxygens (including phenoxy) is 1. The number of phenolic OH excluding ortho intramolecular Hbond substituents is 1. The van der Waals surface area contributed by atoms with Gasteiger partial charge in [-0.05, 0) is 45.7 Å². The van der Waals surface area contributed by atoms with Crippen LogP contribution in [0.25, 0.3) is 0 Å². The Balaban J connectivity index is 1.59. The van der Waals surface area contributed by atoms with E-state index in [4.69, 9.17) is 4.74 Å². The fourth-order valence-corrected chi connectivity index (χ4v) is 3.75. The molecular weight excluding hydrogens is 370 g/mol. The molecule has 8 heteroatoms. The molecule has 29 heavy (non-hydrogen) atoms. The molecule has 1 aromatic carbocycles. The minimum Gasteiger partial charge on any atom is -0.507 e. The van der Waals surface area contributed by atoms with E-state index in [0.717, 1.165) is 31.4 Å². The number of likely N-dealkylation sites (tertiary alicyclic amines) is 1. The number of nitrogens with zero attached hydrogens (tertiary/aromatic N) is 4. The van der Waals surface area contributed by atoms with E-state index in [0.29, 0.717) is 30.6 Å². The first-order valence-electron chi connectivity index (χ1n) is 10.3. The minimum absolute atomic E-state index is 0.0674. The number of benzene rings is 1. The highest BCUT2D eigenvalue weighted by Gasteiger charge is 2.23. The van der Waals surface area contributed by atoms with Gasteiger partial charge < -0.3 is 15.2 Å². The average molecular weight is 402 g/mol. The monoisotopic (exact) mass is 401 g/mol. The lowest BCUT2D eigenvalue weighted by Gasteiger charge is -2.36. The maximum Gasteiger partial charge on any atom is 0.273 e. The van der Waals surface area contributed by atoms with Crippen LogP contribution in [0.3, 0.4) is 0 Å². The number of amides is 1. The normalized spacial score (nSPS) is 17.4. The number of aromatic hydroxyl groups is 1. The summed E-state index contributed by atoms with van der Waals surface area (Å²) in [7, 11) is 1.59. The van der Waals surface area contributed by atoms with Gasteiger partial charge in [0.05, 0.1) is 13.3 Å². The zero-order valence-corrected chi connectivity index (χ0v) is 17.5. The molecule has 0 bridgehead atoms. The summed E-state index contributed by atoms with van der Waals surface area (Å²) in [5.41, 5.74) is 1.26. The Kier molecular flexibility index (Phi) is 7.09. The Bertz CT molecular complexity index is 820. The molecule has 1 aliphatic heterocycles. The van der Waals surface area contributed by atoms with Crippen LogP contribution in [0.4, 0.5) is 0 Å². The zero-order chi connectivity index (χ0) is 20.8.